The molecular weight excluding hydrogens is 304 g/mol. The van der Waals surface area contributed by atoms with Crippen molar-refractivity contribution in [1.82, 2.24) is 15.6 Å². The molecule has 4 N–H and O–H groups in total. The van der Waals surface area contributed by atoms with Gasteiger partial charge < -0.3 is 16.4 Å². The number of hydrogen-bond acceptors (Lipinski definition) is 6. The topological polar surface area (TPSA) is 80.0 Å². The van der Waals surface area contributed by atoms with Gasteiger partial charge >= 0.3 is 0 Å². The van der Waals surface area contributed by atoms with Crippen LogP contribution in [-0.2, 0) is 6.42 Å². The number of carbonyl (C=O) groups is 1. The lowest BCUT2D eigenvalue weighted by Crippen LogP contribution is -2.24. The third-order valence-corrected chi connectivity index (χ3v) is 5.41. The van der Waals surface area contributed by atoms with Crippen molar-refractivity contribution in [2.45, 2.75) is 25.3 Å². The molecule has 7 heteroatoms. The minimum atomic E-state index is -0.00699. The molecule has 1 atom stereocenters. The highest BCUT2D eigenvalue weighted by Gasteiger charge is 2.19. The smallest absolute Gasteiger partial charge is 0.261 e. The molecule has 3 rings (SSSR count). The lowest BCUT2D eigenvalue weighted by Gasteiger charge is -2.06. The predicted octanol–water partition coefficient (Wildman–Crippen LogP) is 2.18. The number of nitrogens with one attached hydrogen (secondary N) is 2. The normalized spacial score (nSPS) is 18.0. The van der Waals surface area contributed by atoms with Gasteiger partial charge in [0.1, 0.15) is 0 Å². The Morgan fingerprint density at radius 1 is 1.52 bits per heavy atom. The van der Waals surface area contributed by atoms with E-state index in [1.165, 1.54) is 22.6 Å². The van der Waals surface area contributed by atoms with Crippen molar-refractivity contribution in [2.75, 3.05) is 18.8 Å². The van der Waals surface area contributed by atoms with Gasteiger partial charge in [-0.15, -0.1) is 22.7 Å². The SMILES string of the molecule is Nc1nc(CCNC(=O)c2ccc(C3CCCN3)s2)cs1. The van der Waals surface area contributed by atoms with Crippen molar-refractivity contribution in [3.63, 3.8) is 0 Å². The first-order valence-electron chi connectivity index (χ1n) is 7.03. The second-order valence-electron chi connectivity index (χ2n) is 5.03. The van der Waals surface area contributed by atoms with Crippen molar-refractivity contribution < 1.29 is 4.79 Å². The van der Waals surface area contributed by atoms with Gasteiger partial charge in [-0.25, -0.2) is 4.98 Å². The summed E-state index contributed by atoms with van der Waals surface area (Å²) in [4.78, 5) is 18.3. The first kappa shape index (κ1) is 14.5. The maximum Gasteiger partial charge on any atom is 0.261 e. The Morgan fingerprint density at radius 3 is 3.14 bits per heavy atom. The van der Waals surface area contributed by atoms with Crippen LogP contribution in [0.15, 0.2) is 17.5 Å². The molecule has 0 bridgehead atoms. The van der Waals surface area contributed by atoms with Crippen LogP contribution in [0.2, 0.25) is 0 Å². The maximum absolute atomic E-state index is 12.1. The van der Waals surface area contributed by atoms with Gasteiger partial charge in [-0.3, -0.25) is 4.79 Å². The van der Waals surface area contributed by atoms with Gasteiger partial charge in [-0.05, 0) is 31.5 Å². The standard InChI is InChI=1S/C14H18N4OS2/c15-14-18-9(8-20-14)5-7-17-13(19)12-4-3-11(21-12)10-2-1-6-16-10/h3-4,8,10,16H,1-2,5-7H2,(H2,15,18)(H,17,19). The first-order valence-corrected chi connectivity index (χ1v) is 8.73. The second-order valence-corrected chi connectivity index (χ2v) is 7.04. The Bertz CT molecular complexity index is 616. The van der Waals surface area contributed by atoms with E-state index >= 15 is 0 Å². The molecule has 0 aliphatic carbocycles. The van der Waals surface area contributed by atoms with Crippen LogP contribution in [0.3, 0.4) is 0 Å². The van der Waals surface area contributed by atoms with Crippen molar-refractivity contribution in [3.05, 3.63) is 33.0 Å². The monoisotopic (exact) mass is 322 g/mol. The zero-order valence-electron chi connectivity index (χ0n) is 11.6. The second kappa shape index (κ2) is 6.55. The number of amides is 1. The predicted molar refractivity (Wildman–Crippen MR) is 86.9 cm³/mol. The van der Waals surface area contributed by atoms with Crippen molar-refractivity contribution >= 4 is 33.7 Å². The van der Waals surface area contributed by atoms with E-state index in [9.17, 15) is 4.79 Å². The molecule has 2 aromatic rings. The van der Waals surface area contributed by atoms with E-state index in [2.05, 4.69) is 21.7 Å². The third kappa shape index (κ3) is 3.61. The van der Waals surface area contributed by atoms with Gasteiger partial charge in [0.05, 0.1) is 10.6 Å². The highest BCUT2D eigenvalue weighted by Crippen LogP contribution is 2.29. The number of nitrogen functional groups attached to an aromatic ring is 1. The van der Waals surface area contributed by atoms with Crippen LogP contribution in [0.4, 0.5) is 5.13 Å². The zero-order chi connectivity index (χ0) is 14.7. The van der Waals surface area contributed by atoms with Gasteiger partial charge in [0.2, 0.25) is 0 Å². The van der Waals surface area contributed by atoms with Crippen molar-refractivity contribution in [2.24, 2.45) is 0 Å². The minimum Gasteiger partial charge on any atom is -0.375 e. The van der Waals surface area contributed by atoms with Gasteiger partial charge in [0.15, 0.2) is 5.13 Å². The molecule has 1 aliphatic rings. The molecule has 1 aliphatic heterocycles. The fourth-order valence-corrected chi connectivity index (χ4v) is 4.05. The summed E-state index contributed by atoms with van der Waals surface area (Å²) in [5.41, 5.74) is 6.51. The number of aromatic nitrogens is 1. The number of anilines is 1. The fraction of sp³-hybridized carbons (Fsp3) is 0.429. The number of rotatable bonds is 5. The number of hydrogen-bond donors (Lipinski definition) is 3. The first-order chi connectivity index (χ1) is 10.2. The largest absolute Gasteiger partial charge is 0.375 e. The average Bonchev–Trinajstić information content (AvgIpc) is 3.19. The van der Waals surface area contributed by atoms with Crippen LogP contribution in [0.25, 0.3) is 0 Å². The van der Waals surface area contributed by atoms with Crippen LogP contribution in [0.1, 0.15) is 39.1 Å². The summed E-state index contributed by atoms with van der Waals surface area (Å²) in [6.45, 7) is 1.65. The molecule has 1 saturated heterocycles. The van der Waals surface area contributed by atoms with Gasteiger partial charge in [-0.1, -0.05) is 0 Å². The van der Waals surface area contributed by atoms with Gasteiger partial charge in [-0.2, -0.15) is 0 Å². The van der Waals surface area contributed by atoms with Crippen LogP contribution in [0, 0.1) is 0 Å². The maximum atomic E-state index is 12.1. The Labute approximate surface area is 131 Å². The lowest BCUT2D eigenvalue weighted by atomic mass is 10.2. The van der Waals surface area contributed by atoms with Gasteiger partial charge in [0.25, 0.3) is 5.91 Å². The van der Waals surface area contributed by atoms with E-state index in [0.717, 1.165) is 23.5 Å². The molecular formula is C14H18N4OS2. The summed E-state index contributed by atoms with van der Waals surface area (Å²) < 4.78 is 0. The van der Waals surface area contributed by atoms with Crippen molar-refractivity contribution in [1.29, 1.82) is 0 Å². The molecule has 0 saturated carbocycles. The van der Waals surface area contributed by atoms with Gasteiger partial charge in [0, 0.05) is 29.3 Å². The fourth-order valence-electron chi connectivity index (χ4n) is 2.42. The Morgan fingerprint density at radius 2 is 2.43 bits per heavy atom. The summed E-state index contributed by atoms with van der Waals surface area (Å²) in [7, 11) is 0. The van der Waals surface area contributed by atoms with E-state index in [4.69, 9.17) is 5.73 Å². The number of thiazole rings is 1. The van der Waals surface area contributed by atoms with Crippen LogP contribution in [-0.4, -0.2) is 24.0 Å². The molecule has 1 unspecified atom stereocenters. The molecule has 2 aromatic heterocycles. The Balaban J connectivity index is 1.50. The molecule has 5 nitrogen and oxygen atoms in total. The Hall–Kier alpha value is -1.44. The summed E-state index contributed by atoms with van der Waals surface area (Å²) in [6.07, 6.45) is 3.08. The summed E-state index contributed by atoms with van der Waals surface area (Å²) in [5, 5.41) is 8.89. The lowest BCUT2D eigenvalue weighted by molar-refractivity contribution is 0.0958. The molecule has 1 amide bonds. The van der Waals surface area contributed by atoms with Crippen LogP contribution in [0.5, 0.6) is 0 Å². The van der Waals surface area contributed by atoms with Crippen molar-refractivity contribution in [3.8, 4) is 0 Å². The molecule has 0 spiro atoms. The summed E-state index contributed by atoms with van der Waals surface area (Å²) in [6, 6.07) is 4.40. The number of nitrogens with zero attached hydrogens (tertiary/aromatic N) is 1. The quantitative estimate of drug-likeness (QED) is 0.788. The molecule has 0 radical (unpaired) electrons. The van der Waals surface area contributed by atoms with Crippen LogP contribution < -0.4 is 16.4 Å². The van der Waals surface area contributed by atoms with Crippen LogP contribution >= 0.6 is 22.7 Å². The molecule has 21 heavy (non-hydrogen) atoms. The molecule has 1 fully saturated rings. The van der Waals surface area contributed by atoms with E-state index in [1.807, 2.05) is 11.4 Å². The van der Waals surface area contributed by atoms with E-state index < -0.39 is 0 Å². The molecule has 112 valence electrons. The highest BCUT2D eigenvalue weighted by atomic mass is 32.1. The Kier molecular flexibility index (Phi) is 4.52. The van der Waals surface area contributed by atoms with E-state index in [-0.39, 0.29) is 5.91 Å². The summed E-state index contributed by atoms with van der Waals surface area (Å²) >= 11 is 3.01. The van der Waals surface area contributed by atoms with E-state index in [1.54, 1.807) is 11.3 Å². The minimum absolute atomic E-state index is 0.00699. The zero-order valence-corrected chi connectivity index (χ0v) is 13.2. The number of nitrogens with two attached hydrogens (primary N) is 1. The third-order valence-electron chi connectivity index (χ3n) is 3.49. The summed E-state index contributed by atoms with van der Waals surface area (Å²) in [5.74, 6) is -0.00699. The number of carbonyl (C=O) groups excluding carboxylic acids is 1. The highest BCUT2D eigenvalue weighted by molar-refractivity contribution is 7.14. The molecule has 3 heterocycles. The number of thiophene rings is 1. The molecule has 0 aromatic carbocycles. The average molecular weight is 322 g/mol. The van der Waals surface area contributed by atoms with E-state index in [0.29, 0.717) is 24.1 Å².